The average molecular weight is 292 g/mol. The zero-order valence-electron chi connectivity index (χ0n) is 12.3. The van der Waals surface area contributed by atoms with Crippen LogP contribution in [-0.4, -0.2) is 55.6 Å². The molecule has 0 saturated carbocycles. The van der Waals surface area contributed by atoms with Crippen LogP contribution in [0.1, 0.15) is 31.6 Å². The van der Waals surface area contributed by atoms with Crippen LogP contribution in [0.5, 0.6) is 0 Å². The van der Waals surface area contributed by atoms with E-state index in [9.17, 15) is 0 Å². The van der Waals surface area contributed by atoms with Crippen molar-refractivity contribution in [3.05, 3.63) is 24.4 Å². The molecule has 114 valence electrons. The van der Waals surface area contributed by atoms with E-state index in [0.717, 1.165) is 25.3 Å². The first-order valence-electron chi connectivity index (χ1n) is 7.26. The number of ether oxygens (including phenoxy) is 1. The SMILES string of the molecule is CCc1noc([C@H](C)N2CCO[C@H](Cn3cncn3)C2)n1. The Kier molecular flexibility index (Phi) is 4.26. The Morgan fingerprint density at radius 1 is 1.48 bits per heavy atom. The molecule has 0 bridgehead atoms. The minimum atomic E-state index is 0.0940. The molecule has 0 spiro atoms. The third kappa shape index (κ3) is 3.27. The maximum absolute atomic E-state index is 5.80. The summed E-state index contributed by atoms with van der Waals surface area (Å²) in [6.07, 6.45) is 4.12. The largest absolute Gasteiger partial charge is 0.374 e. The Balaban J connectivity index is 1.62. The Labute approximate surface area is 123 Å². The lowest BCUT2D eigenvalue weighted by Crippen LogP contribution is -2.45. The van der Waals surface area contributed by atoms with Gasteiger partial charge >= 0.3 is 0 Å². The van der Waals surface area contributed by atoms with Crippen LogP contribution in [0.25, 0.3) is 0 Å². The normalized spacial score (nSPS) is 21.5. The molecule has 3 rings (SSSR count). The first kappa shape index (κ1) is 14.2. The average Bonchev–Trinajstić information content (AvgIpc) is 3.17. The minimum Gasteiger partial charge on any atom is -0.374 e. The van der Waals surface area contributed by atoms with Gasteiger partial charge in [-0.1, -0.05) is 12.1 Å². The van der Waals surface area contributed by atoms with Gasteiger partial charge in [0.2, 0.25) is 5.89 Å². The molecule has 0 unspecified atom stereocenters. The van der Waals surface area contributed by atoms with E-state index in [1.54, 1.807) is 11.0 Å². The van der Waals surface area contributed by atoms with Crippen LogP contribution in [0, 0.1) is 0 Å². The summed E-state index contributed by atoms with van der Waals surface area (Å²) in [5.74, 6) is 1.43. The molecule has 2 aromatic heterocycles. The molecule has 0 amide bonds. The van der Waals surface area contributed by atoms with Crippen LogP contribution in [0.2, 0.25) is 0 Å². The lowest BCUT2D eigenvalue weighted by molar-refractivity contribution is -0.0532. The molecule has 21 heavy (non-hydrogen) atoms. The molecule has 0 aliphatic carbocycles. The molecule has 0 aromatic carbocycles. The summed E-state index contributed by atoms with van der Waals surface area (Å²) in [6, 6.07) is 0.0972. The molecule has 0 radical (unpaired) electrons. The van der Waals surface area contributed by atoms with Gasteiger partial charge in [-0.2, -0.15) is 10.1 Å². The van der Waals surface area contributed by atoms with E-state index in [1.165, 1.54) is 6.33 Å². The first-order chi connectivity index (χ1) is 10.3. The number of aromatic nitrogens is 5. The predicted molar refractivity (Wildman–Crippen MR) is 73.4 cm³/mol. The highest BCUT2D eigenvalue weighted by Crippen LogP contribution is 2.21. The van der Waals surface area contributed by atoms with Gasteiger partial charge in [-0.3, -0.25) is 9.58 Å². The van der Waals surface area contributed by atoms with Gasteiger partial charge in [0.15, 0.2) is 5.82 Å². The van der Waals surface area contributed by atoms with Crippen molar-refractivity contribution in [1.29, 1.82) is 0 Å². The van der Waals surface area contributed by atoms with Crippen LogP contribution in [0.15, 0.2) is 17.2 Å². The number of hydrogen-bond acceptors (Lipinski definition) is 7. The minimum absolute atomic E-state index is 0.0940. The zero-order chi connectivity index (χ0) is 14.7. The number of aryl methyl sites for hydroxylation is 1. The van der Waals surface area contributed by atoms with E-state index < -0.39 is 0 Å². The third-order valence-electron chi connectivity index (χ3n) is 3.73. The highest BCUT2D eigenvalue weighted by molar-refractivity contribution is 4.93. The molecular formula is C13H20N6O2. The molecule has 1 aliphatic heterocycles. The smallest absolute Gasteiger partial charge is 0.243 e. The maximum Gasteiger partial charge on any atom is 0.243 e. The monoisotopic (exact) mass is 292 g/mol. The number of hydrogen-bond donors (Lipinski definition) is 0. The van der Waals surface area contributed by atoms with E-state index in [4.69, 9.17) is 9.26 Å². The molecule has 1 saturated heterocycles. The van der Waals surface area contributed by atoms with Crippen molar-refractivity contribution in [2.45, 2.75) is 39.0 Å². The fraction of sp³-hybridized carbons (Fsp3) is 0.692. The molecule has 2 atom stereocenters. The highest BCUT2D eigenvalue weighted by Gasteiger charge is 2.28. The fourth-order valence-electron chi connectivity index (χ4n) is 2.48. The van der Waals surface area contributed by atoms with E-state index in [1.807, 2.05) is 6.92 Å². The van der Waals surface area contributed by atoms with E-state index >= 15 is 0 Å². The van der Waals surface area contributed by atoms with Crippen molar-refractivity contribution < 1.29 is 9.26 Å². The fourth-order valence-corrected chi connectivity index (χ4v) is 2.48. The van der Waals surface area contributed by atoms with E-state index in [-0.39, 0.29) is 12.1 Å². The van der Waals surface area contributed by atoms with Crippen molar-refractivity contribution in [3.8, 4) is 0 Å². The van der Waals surface area contributed by atoms with Crippen molar-refractivity contribution >= 4 is 0 Å². The standard InChI is InChI=1S/C13H20N6O2/c1-3-12-16-13(21-17-12)10(2)18-4-5-20-11(6-18)7-19-9-14-8-15-19/h8-11H,3-7H2,1-2H3/t10-,11-/m0/s1. The lowest BCUT2D eigenvalue weighted by atomic mass is 10.2. The van der Waals surface area contributed by atoms with Gasteiger partial charge in [0.25, 0.3) is 0 Å². The Morgan fingerprint density at radius 2 is 2.38 bits per heavy atom. The van der Waals surface area contributed by atoms with Crippen molar-refractivity contribution in [2.75, 3.05) is 19.7 Å². The Bertz CT molecular complexity index is 555. The Hall–Kier alpha value is -1.80. The number of morpholine rings is 1. The van der Waals surface area contributed by atoms with Crippen LogP contribution in [-0.2, 0) is 17.7 Å². The van der Waals surface area contributed by atoms with Gasteiger partial charge in [0.1, 0.15) is 12.7 Å². The molecule has 1 fully saturated rings. The second-order valence-corrected chi connectivity index (χ2v) is 5.18. The lowest BCUT2D eigenvalue weighted by Gasteiger charge is -2.35. The summed E-state index contributed by atoms with van der Waals surface area (Å²) in [4.78, 5) is 10.7. The summed E-state index contributed by atoms with van der Waals surface area (Å²) in [7, 11) is 0. The van der Waals surface area contributed by atoms with Gasteiger partial charge in [0, 0.05) is 19.5 Å². The summed E-state index contributed by atoms with van der Waals surface area (Å²) in [6.45, 7) is 7.17. The molecule has 8 nitrogen and oxygen atoms in total. The maximum atomic E-state index is 5.80. The summed E-state index contributed by atoms with van der Waals surface area (Å²) < 4.78 is 12.9. The second kappa shape index (κ2) is 6.31. The quantitative estimate of drug-likeness (QED) is 0.801. The third-order valence-corrected chi connectivity index (χ3v) is 3.73. The van der Waals surface area contributed by atoms with Gasteiger partial charge in [-0.25, -0.2) is 4.98 Å². The second-order valence-electron chi connectivity index (χ2n) is 5.18. The van der Waals surface area contributed by atoms with Crippen molar-refractivity contribution in [1.82, 2.24) is 29.8 Å². The van der Waals surface area contributed by atoms with Crippen LogP contribution >= 0.6 is 0 Å². The van der Waals surface area contributed by atoms with Crippen LogP contribution < -0.4 is 0 Å². The molecule has 0 N–H and O–H groups in total. The summed E-state index contributed by atoms with van der Waals surface area (Å²) in [5.41, 5.74) is 0. The van der Waals surface area contributed by atoms with Gasteiger partial charge in [0.05, 0.1) is 25.3 Å². The topological polar surface area (TPSA) is 82.1 Å². The number of rotatable bonds is 5. The van der Waals surface area contributed by atoms with Gasteiger partial charge < -0.3 is 9.26 Å². The number of nitrogens with zero attached hydrogens (tertiary/aromatic N) is 6. The van der Waals surface area contributed by atoms with Gasteiger partial charge in [-0.05, 0) is 6.92 Å². The molecule has 2 aromatic rings. The van der Waals surface area contributed by atoms with Crippen LogP contribution in [0.4, 0.5) is 0 Å². The molecular weight excluding hydrogens is 272 g/mol. The van der Waals surface area contributed by atoms with Crippen LogP contribution in [0.3, 0.4) is 0 Å². The van der Waals surface area contributed by atoms with Crippen molar-refractivity contribution in [3.63, 3.8) is 0 Å². The zero-order valence-corrected chi connectivity index (χ0v) is 12.3. The summed E-state index contributed by atoms with van der Waals surface area (Å²) in [5, 5.41) is 8.08. The Morgan fingerprint density at radius 3 is 3.10 bits per heavy atom. The summed E-state index contributed by atoms with van der Waals surface area (Å²) >= 11 is 0. The van der Waals surface area contributed by atoms with E-state index in [0.29, 0.717) is 19.0 Å². The molecule has 8 heteroatoms. The molecule has 1 aliphatic rings. The highest BCUT2D eigenvalue weighted by atomic mass is 16.5. The first-order valence-corrected chi connectivity index (χ1v) is 7.26. The van der Waals surface area contributed by atoms with Crippen molar-refractivity contribution in [2.24, 2.45) is 0 Å². The van der Waals surface area contributed by atoms with E-state index in [2.05, 4.69) is 32.0 Å². The predicted octanol–water partition coefficient (Wildman–Crippen LogP) is 0.685. The molecule has 3 heterocycles. The van der Waals surface area contributed by atoms with Gasteiger partial charge in [-0.15, -0.1) is 0 Å².